The summed E-state index contributed by atoms with van der Waals surface area (Å²) in [5, 5.41) is 6.30. The smallest absolute Gasteiger partial charge is 0.220 e. The van der Waals surface area contributed by atoms with Crippen LogP contribution in [0.5, 0.6) is 0 Å². The summed E-state index contributed by atoms with van der Waals surface area (Å²) < 4.78 is 1.11. The van der Waals surface area contributed by atoms with E-state index in [0.717, 1.165) is 29.7 Å². The molecule has 1 fully saturated rings. The minimum atomic E-state index is 0. The Hall–Kier alpha value is -0.100. The van der Waals surface area contributed by atoms with E-state index in [9.17, 15) is 4.79 Å². The molecule has 1 aromatic heterocycles. The van der Waals surface area contributed by atoms with Crippen molar-refractivity contribution in [3.63, 3.8) is 0 Å². The molecule has 0 spiro atoms. The Bertz CT molecular complexity index is 380. The highest BCUT2D eigenvalue weighted by Crippen LogP contribution is 2.22. The number of carbonyl (C=O) groups is 1. The predicted molar refractivity (Wildman–Crippen MR) is 81.3 cm³/mol. The van der Waals surface area contributed by atoms with Gasteiger partial charge >= 0.3 is 0 Å². The minimum absolute atomic E-state index is 0. The molecule has 0 aromatic carbocycles. The molecular formula is C12H18BrClN2OS. The van der Waals surface area contributed by atoms with Gasteiger partial charge in [0, 0.05) is 11.3 Å². The van der Waals surface area contributed by atoms with Gasteiger partial charge in [-0.25, -0.2) is 0 Å². The van der Waals surface area contributed by atoms with Crippen LogP contribution in [-0.2, 0) is 11.3 Å². The normalized spacial score (nSPS) is 16.1. The fourth-order valence-corrected chi connectivity index (χ4v) is 3.48. The Morgan fingerprint density at radius 3 is 2.78 bits per heavy atom. The first-order valence-corrected chi connectivity index (χ1v) is 7.56. The zero-order chi connectivity index (χ0) is 12.1. The van der Waals surface area contributed by atoms with Gasteiger partial charge in [0.15, 0.2) is 0 Å². The van der Waals surface area contributed by atoms with E-state index in [0.29, 0.717) is 18.9 Å². The number of thiophene rings is 1. The summed E-state index contributed by atoms with van der Waals surface area (Å²) in [6, 6.07) is 4.05. The number of rotatable bonds is 4. The number of amides is 1. The van der Waals surface area contributed by atoms with Crippen LogP contribution in [0.15, 0.2) is 15.9 Å². The maximum atomic E-state index is 11.8. The first-order chi connectivity index (χ1) is 8.24. The highest BCUT2D eigenvalue weighted by molar-refractivity contribution is 9.11. The average molecular weight is 354 g/mol. The van der Waals surface area contributed by atoms with Crippen molar-refractivity contribution in [3.8, 4) is 0 Å². The topological polar surface area (TPSA) is 41.1 Å². The number of nitrogens with one attached hydrogen (secondary N) is 2. The van der Waals surface area contributed by atoms with Crippen LogP contribution in [0.4, 0.5) is 0 Å². The van der Waals surface area contributed by atoms with Crippen LogP contribution in [0.3, 0.4) is 0 Å². The highest BCUT2D eigenvalue weighted by Gasteiger charge is 2.16. The third-order valence-corrected chi connectivity index (χ3v) is 4.65. The van der Waals surface area contributed by atoms with Gasteiger partial charge in [-0.15, -0.1) is 23.7 Å². The van der Waals surface area contributed by atoms with Crippen LogP contribution in [0.2, 0.25) is 0 Å². The van der Waals surface area contributed by atoms with Crippen molar-refractivity contribution >= 4 is 45.6 Å². The third kappa shape index (κ3) is 5.26. The van der Waals surface area contributed by atoms with Gasteiger partial charge in [0.2, 0.25) is 5.91 Å². The van der Waals surface area contributed by atoms with Crippen molar-refractivity contribution in [3.05, 3.63) is 20.8 Å². The molecule has 2 N–H and O–H groups in total. The average Bonchev–Trinajstić information content (AvgIpc) is 2.74. The van der Waals surface area contributed by atoms with Crippen molar-refractivity contribution in [2.75, 3.05) is 13.1 Å². The van der Waals surface area contributed by atoms with Crippen molar-refractivity contribution < 1.29 is 4.79 Å². The van der Waals surface area contributed by atoms with Gasteiger partial charge in [0.25, 0.3) is 0 Å². The number of carbonyl (C=O) groups excluding carboxylic acids is 1. The highest BCUT2D eigenvalue weighted by atomic mass is 79.9. The summed E-state index contributed by atoms with van der Waals surface area (Å²) in [4.78, 5) is 12.9. The molecule has 1 aromatic rings. The Morgan fingerprint density at radius 2 is 2.17 bits per heavy atom. The van der Waals surface area contributed by atoms with Gasteiger partial charge in [-0.05, 0) is 59.9 Å². The van der Waals surface area contributed by atoms with E-state index >= 15 is 0 Å². The monoisotopic (exact) mass is 352 g/mol. The summed E-state index contributed by atoms with van der Waals surface area (Å²) >= 11 is 5.09. The van der Waals surface area contributed by atoms with E-state index in [2.05, 4.69) is 26.6 Å². The van der Waals surface area contributed by atoms with Gasteiger partial charge in [-0.1, -0.05) is 0 Å². The third-order valence-electron chi connectivity index (χ3n) is 3.02. The molecule has 1 aliphatic rings. The molecule has 0 saturated carbocycles. The second kappa shape index (κ2) is 8.15. The molecule has 3 nitrogen and oxygen atoms in total. The van der Waals surface area contributed by atoms with E-state index in [1.807, 2.05) is 12.1 Å². The van der Waals surface area contributed by atoms with Crippen LogP contribution in [0.1, 0.15) is 24.1 Å². The molecule has 0 unspecified atom stereocenters. The maximum Gasteiger partial charge on any atom is 0.220 e. The lowest BCUT2D eigenvalue weighted by Gasteiger charge is -2.21. The lowest BCUT2D eigenvalue weighted by molar-refractivity contribution is -0.122. The molecule has 2 heterocycles. The van der Waals surface area contributed by atoms with Gasteiger partial charge in [0.05, 0.1) is 10.3 Å². The summed E-state index contributed by atoms with van der Waals surface area (Å²) in [5.74, 6) is 0.743. The molecule has 1 saturated heterocycles. The summed E-state index contributed by atoms with van der Waals surface area (Å²) in [7, 11) is 0. The maximum absolute atomic E-state index is 11.8. The van der Waals surface area contributed by atoms with Crippen molar-refractivity contribution in [2.24, 2.45) is 5.92 Å². The molecule has 102 valence electrons. The molecule has 0 aliphatic carbocycles. The van der Waals surface area contributed by atoms with E-state index in [1.54, 1.807) is 11.3 Å². The van der Waals surface area contributed by atoms with Crippen LogP contribution in [-0.4, -0.2) is 19.0 Å². The van der Waals surface area contributed by atoms with E-state index in [-0.39, 0.29) is 18.3 Å². The SMILES string of the molecule is Cl.O=C(CC1CCNCC1)NCc1ccc(Br)s1. The molecule has 6 heteroatoms. The van der Waals surface area contributed by atoms with E-state index < -0.39 is 0 Å². The van der Waals surface area contributed by atoms with Crippen molar-refractivity contribution in [2.45, 2.75) is 25.8 Å². The minimum Gasteiger partial charge on any atom is -0.351 e. The Balaban J connectivity index is 0.00000162. The molecule has 0 atom stereocenters. The van der Waals surface area contributed by atoms with Crippen molar-refractivity contribution in [1.82, 2.24) is 10.6 Å². The van der Waals surface area contributed by atoms with Crippen molar-refractivity contribution in [1.29, 1.82) is 0 Å². The summed E-state index contributed by atoms with van der Waals surface area (Å²) in [5.41, 5.74) is 0. The molecule has 1 amide bonds. The zero-order valence-electron chi connectivity index (χ0n) is 10.1. The number of piperidine rings is 1. The van der Waals surface area contributed by atoms with Gasteiger partial charge in [-0.2, -0.15) is 0 Å². The Morgan fingerprint density at radius 1 is 1.44 bits per heavy atom. The number of hydrogen-bond acceptors (Lipinski definition) is 3. The summed E-state index contributed by atoms with van der Waals surface area (Å²) in [6.07, 6.45) is 2.92. The molecular weight excluding hydrogens is 336 g/mol. The molecule has 2 rings (SSSR count). The van der Waals surface area contributed by atoms with Gasteiger partial charge in [-0.3, -0.25) is 4.79 Å². The lowest BCUT2D eigenvalue weighted by atomic mass is 9.94. The van der Waals surface area contributed by atoms with Crippen LogP contribution in [0.25, 0.3) is 0 Å². The quantitative estimate of drug-likeness (QED) is 0.874. The fourth-order valence-electron chi connectivity index (χ4n) is 2.05. The Kier molecular flexibility index (Phi) is 7.22. The molecule has 18 heavy (non-hydrogen) atoms. The standard InChI is InChI=1S/C12H17BrN2OS.ClH/c13-11-2-1-10(17-11)8-15-12(16)7-9-3-5-14-6-4-9;/h1-2,9,14H,3-8H2,(H,15,16);1H. The van der Waals surface area contributed by atoms with Crippen LogP contribution < -0.4 is 10.6 Å². The molecule has 1 aliphatic heterocycles. The fraction of sp³-hybridized carbons (Fsp3) is 0.583. The predicted octanol–water partition coefficient (Wildman–Crippen LogP) is 2.94. The van der Waals surface area contributed by atoms with E-state index in [4.69, 9.17) is 0 Å². The first kappa shape index (κ1) is 16.0. The van der Waals surface area contributed by atoms with Crippen LogP contribution in [0, 0.1) is 5.92 Å². The Labute approximate surface area is 126 Å². The zero-order valence-corrected chi connectivity index (χ0v) is 13.3. The van der Waals surface area contributed by atoms with Gasteiger partial charge in [0.1, 0.15) is 0 Å². The van der Waals surface area contributed by atoms with Crippen LogP contribution >= 0.6 is 39.7 Å². The first-order valence-electron chi connectivity index (χ1n) is 5.95. The van der Waals surface area contributed by atoms with Gasteiger partial charge < -0.3 is 10.6 Å². The molecule has 0 radical (unpaired) electrons. The second-order valence-electron chi connectivity index (χ2n) is 4.38. The largest absolute Gasteiger partial charge is 0.351 e. The number of halogens is 2. The van der Waals surface area contributed by atoms with E-state index in [1.165, 1.54) is 4.88 Å². The number of hydrogen-bond donors (Lipinski definition) is 2. The second-order valence-corrected chi connectivity index (χ2v) is 6.93. The molecule has 0 bridgehead atoms. The summed E-state index contributed by atoms with van der Waals surface area (Å²) in [6.45, 7) is 2.76. The lowest BCUT2D eigenvalue weighted by Crippen LogP contribution is -2.32.